The van der Waals surface area contributed by atoms with Crippen LogP contribution in [0.25, 0.3) is 291 Å². The first kappa shape index (κ1) is 22.5. The number of hydrogen-bond acceptors (Lipinski definition) is 0. The van der Waals surface area contributed by atoms with Gasteiger partial charge in [-0.25, -0.2) is 0 Å². The van der Waals surface area contributed by atoms with Gasteiger partial charge in [0.25, 0.3) is 0 Å². The molecule has 28 aromatic rings. The van der Waals surface area contributed by atoms with Crippen molar-refractivity contribution in [2.24, 2.45) is 5.92 Å². The lowest BCUT2D eigenvalue weighted by Gasteiger charge is -2.46. The van der Waals surface area contributed by atoms with E-state index in [9.17, 15) is 0 Å². The van der Waals surface area contributed by atoms with Gasteiger partial charge in [0, 0.05) is 5.41 Å². The van der Waals surface area contributed by atoms with Crippen molar-refractivity contribution in [2.45, 2.75) is 19.3 Å². The second-order valence-corrected chi connectivity index (χ2v) is 24.1. The van der Waals surface area contributed by atoms with Gasteiger partial charge in [0.15, 0.2) is 0 Å². The number of benzene rings is 17. The van der Waals surface area contributed by atoms with Gasteiger partial charge in [0.1, 0.15) is 0 Å². The molecule has 1 atom stereocenters. The van der Waals surface area contributed by atoms with Crippen molar-refractivity contribution in [3.05, 3.63) is 28.2 Å². The van der Waals surface area contributed by atoms with Crippen LogP contribution in [0, 0.1) is 11.8 Å². The molecule has 32 rings (SSSR count). The first-order chi connectivity index (χ1) is 31.3. The minimum absolute atomic E-state index is 0.175. The number of rotatable bonds is 1. The highest BCUT2D eigenvalue weighted by molar-refractivity contribution is 6.82. The van der Waals surface area contributed by atoms with E-state index in [0.717, 1.165) is 0 Å². The molecule has 0 saturated carbocycles. The van der Waals surface area contributed by atoms with Gasteiger partial charge in [0.2, 0.25) is 0 Å². The molecule has 0 fully saturated rings. The maximum atomic E-state index is 2.67. The van der Waals surface area contributed by atoms with E-state index in [2.05, 4.69) is 13.8 Å². The molecule has 1 unspecified atom stereocenters. The van der Waals surface area contributed by atoms with Crippen LogP contribution < -0.4 is 0 Å². The Kier molecular flexibility index (Phi) is 1.75. The molecule has 0 heterocycles. The molecular formula is C63H7. The van der Waals surface area contributed by atoms with Crippen LogP contribution in [0.5, 0.6) is 0 Å². The molecule has 63 heavy (non-hydrogen) atoms. The van der Waals surface area contributed by atoms with Crippen molar-refractivity contribution < 1.29 is 0 Å². The fourth-order valence-corrected chi connectivity index (χ4v) is 23.8. The molecule has 4 aliphatic rings. The van der Waals surface area contributed by atoms with E-state index >= 15 is 0 Å². The minimum atomic E-state index is -0.175. The molecule has 28 aromatic carbocycles. The molecule has 0 saturated heterocycles. The first-order valence-electron chi connectivity index (χ1n) is 23.9. The third kappa shape index (κ3) is 1.13. The summed E-state index contributed by atoms with van der Waals surface area (Å²) in [6.07, 6.45) is 0. The summed E-state index contributed by atoms with van der Waals surface area (Å²) in [5, 5.41) is 90.6. The smallest absolute Gasteiger partial charge is 0.0518 e. The molecule has 0 bridgehead atoms. The molecule has 0 spiro atoms. The molecule has 0 amide bonds. The SMILES string of the molecule is CC(C)C12[C]3c4c5c1c1c6c7c2c2c8c3c3c9c4c4c%10c5c5c1c1c6c6c%11c7c2c2c7c8c3c3c8c9c4c4c9c%10c5c5c1c1c6c6c%11c2c2c7c3c3c8c4c4c9c5c1c1c6c2c3c41. The molecule has 0 N–H and O–H groups in total. The molecule has 0 nitrogen and oxygen atoms in total. The molecule has 0 heteroatoms. The normalized spacial score (nSPS) is 21.0. The van der Waals surface area contributed by atoms with Crippen molar-refractivity contribution in [3.63, 3.8) is 0 Å². The zero-order chi connectivity index (χ0) is 37.1. The highest BCUT2D eigenvalue weighted by Gasteiger charge is 2.64. The van der Waals surface area contributed by atoms with Crippen LogP contribution in [0.2, 0.25) is 0 Å². The van der Waals surface area contributed by atoms with Gasteiger partial charge in [-0.1, -0.05) is 13.8 Å². The predicted molar refractivity (Wildman–Crippen MR) is 269 cm³/mol. The summed E-state index contributed by atoms with van der Waals surface area (Å²) >= 11 is 0. The van der Waals surface area contributed by atoms with E-state index in [1.165, 1.54) is 0 Å². The monoisotopic (exact) mass is 763 g/mol. The van der Waals surface area contributed by atoms with E-state index in [4.69, 9.17) is 0 Å². The van der Waals surface area contributed by atoms with Crippen LogP contribution in [-0.4, -0.2) is 0 Å². The third-order valence-electron chi connectivity index (χ3n) is 23.8. The molecule has 259 valence electrons. The second kappa shape index (κ2) is 4.89. The molecule has 0 aromatic heterocycles. The predicted octanol–water partition coefficient (Wildman–Crippen LogP) is 17.6. The quantitative estimate of drug-likeness (QED) is 0.146. The first-order valence-corrected chi connectivity index (χ1v) is 23.9. The van der Waals surface area contributed by atoms with Crippen molar-refractivity contribution in [1.29, 1.82) is 0 Å². The molecule has 4 aliphatic carbocycles. The number of hydrogen-bond donors (Lipinski definition) is 0. The highest BCUT2D eigenvalue weighted by atomic mass is 14.6. The average molecular weight is 764 g/mol. The van der Waals surface area contributed by atoms with E-state index in [1.807, 2.05) is 0 Å². The maximum absolute atomic E-state index is 2.67. The second-order valence-electron chi connectivity index (χ2n) is 24.1. The van der Waals surface area contributed by atoms with E-state index in [0.29, 0.717) is 5.92 Å². The van der Waals surface area contributed by atoms with Crippen molar-refractivity contribution in [1.82, 2.24) is 0 Å². The van der Waals surface area contributed by atoms with E-state index in [-0.39, 0.29) is 5.41 Å². The van der Waals surface area contributed by atoms with Crippen LogP contribution in [0.1, 0.15) is 36.1 Å². The van der Waals surface area contributed by atoms with E-state index < -0.39 is 0 Å². The Morgan fingerprint density at radius 2 is 0.317 bits per heavy atom. The van der Waals surface area contributed by atoms with Gasteiger partial charge in [-0.2, -0.15) is 0 Å². The fraction of sp³-hybridized carbons (Fsp3) is 0.0635. The van der Waals surface area contributed by atoms with Crippen LogP contribution in [0.4, 0.5) is 0 Å². The van der Waals surface area contributed by atoms with Crippen molar-refractivity contribution in [3.8, 4) is 0 Å². The average Bonchev–Trinajstić information content (AvgIpc) is 4.13. The fourth-order valence-electron chi connectivity index (χ4n) is 23.8. The largest absolute Gasteiger partial charge is 0.0615 e. The van der Waals surface area contributed by atoms with Gasteiger partial charge in [-0.05, 0) is 319 Å². The van der Waals surface area contributed by atoms with Crippen molar-refractivity contribution >= 4 is 291 Å². The van der Waals surface area contributed by atoms with Crippen molar-refractivity contribution in [2.75, 3.05) is 0 Å². The Labute approximate surface area is 342 Å². The van der Waals surface area contributed by atoms with Gasteiger partial charge < -0.3 is 0 Å². The third-order valence-corrected chi connectivity index (χ3v) is 23.8. The Bertz CT molecular complexity index is 6990. The summed E-state index contributed by atoms with van der Waals surface area (Å²) in [5.41, 5.74) is 6.77. The molecular weight excluding hydrogens is 757 g/mol. The highest BCUT2D eigenvalue weighted by Crippen LogP contribution is 2.84. The van der Waals surface area contributed by atoms with E-state index in [1.54, 1.807) is 319 Å². The summed E-state index contributed by atoms with van der Waals surface area (Å²) in [5.74, 6) is 2.19. The Balaban J connectivity index is 1.31. The van der Waals surface area contributed by atoms with Gasteiger partial charge in [-0.3, -0.25) is 0 Å². The van der Waals surface area contributed by atoms with Crippen LogP contribution in [-0.2, 0) is 5.41 Å². The molecule has 1 radical (unpaired) electrons. The molecule has 0 aliphatic heterocycles. The standard InChI is InChI=1S/C63H7/c1-3(2)63-60-56-50-36-28-20-8-5-4-6-9(8)21-23-19-13(6)15-11-7(4)10-14-12(5)18-22(20)34(36)42-40-26(18)24(14)32-30-16(10)17(11)31-33-25(15)27(19)41-43-35(23)37(29(21)28)51(50)57(60)53(43)55-47(41)45(33)49-39(31)38(30)48-44(32)46(40)54(52(42)56)61(63)58(48)59(49)62(55)63/h3H,1-2H3. The zero-order valence-electron chi connectivity index (χ0n) is 32.6. The minimum Gasteiger partial charge on any atom is -0.0615 e. The summed E-state index contributed by atoms with van der Waals surface area (Å²) in [6.45, 7) is 5.33. The lowest BCUT2D eigenvalue weighted by molar-refractivity contribution is 0.423. The Hall–Kier alpha value is -7.54. The Morgan fingerprint density at radius 3 is 0.587 bits per heavy atom. The van der Waals surface area contributed by atoms with Gasteiger partial charge in [-0.15, -0.1) is 0 Å². The van der Waals surface area contributed by atoms with Gasteiger partial charge in [0.05, 0.1) is 5.92 Å². The zero-order valence-corrected chi connectivity index (χ0v) is 32.6. The summed E-state index contributed by atoms with van der Waals surface area (Å²) in [4.78, 5) is 0. The maximum Gasteiger partial charge on any atom is 0.0518 e. The lowest BCUT2D eigenvalue weighted by Crippen LogP contribution is -2.41. The summed E-state index contributed by atoms with van der Waals surface area (Å²) in [7, 11) is 0. The summed E-state index contributed by atoms with van der Waals surface area (Å²) < 4.78 is 0. The van der Waals surface area contributed by atoms with Gasteiger partial charge >= 0.3 is 0 Å². The van der Waals surface area contributed by atoms with Crippen LogP contribution in [0.15, 0.2) is 0 Å². The van der Waals surface area contributed by atoms with Crippen LogP contribution >= 0.6 is 0 Å². The summed E-state index contributed by atoms with van der Waals surface area (Å²) in [6, 6.07) is 0. The Morgan fingerprint density at radius 1 is 0.175 bits per heavy atom. The lowest BCUT2D eigenvalue weighted by atomic mass is 9.54. The van der Waals surface area contributed by atoms with Crippen LogP contribution in [0.3, 0.4) is 0 Å². The topological polar surface area (TPSA) is 0 Å².